The topological polar surface area (TPSA) is 95.5 Å². The number of hydrogen-bond donors (Lipinski definition) is 3. The van der Waals surface area contributed by atoms with Crippen LogP contribution in [0.15, 0.2) is 0 Å². The minimum absolute atomic E-state index is 0.0865. The molecule has 0 saturated carbocycles. The van der Waals surface area contributed by atoms with Gasteiger partial charge in [0.05, 0.1) is 0 Å². The molecule has 3 N–H and O–H groups in total. The molecule has 3 atom stereocenters. The van der Waals surface area contributed by atoms with Crippen LogP contribution in [0.25, 0.3) is 0 Å². The van der Waals surface area contributed by atoms with Crippen molar-refractivity contribution in [3.8, 4) is 12.3 Å². The Bertz CT molecular complexity index is 351. The van der Waals surface area contributed by atoms with Gasteiger partial charge in [-0.1, -0.05) is 0 Å². The lowest BCUT2D eigenvalue weighted by Gasteiger charge is -2.16. The number of carbonyl (C=O) groups excluding carboxylic acids is 1. The second-order valence-electron chi connectivity index (χ2n) is 3.56. The molecule has 0 heterocycles. The third-order valence-corrected chi connectivity index (χ3v) is 2.76. The number of terminal acetylenes is 1. The van der Waals surface area contributed by atoms with Gasteiger partial charge in [0, 0.05) is 35.3 Å². The second-order valence-corrected chi connectivity index (χ2v) is 5.04. The van der Waals surface area contributed by atoms with Crippen LogP contribution in [0.1, 0.15) is 13.3 Å². The molecule has 3 unspecified atom stereocenters. The summed E-state index contributed by atoms with van der Waals surface area (Å²) in [5, 5.41) is 13.5. The highest BCUT2D eigenvalue weighted by atomic mass is 32.2. The lowest BCUT2D eigenvalue weighted by atomic mass is 10.2. The predicted octanol–water partition coefficient (Wildman–Crippen LogP) is -0.471. The molecular weight excluding hydrogens is 244 g/mol. The van der Waals surface area contributed by atoms with Crippen molar-refractivity contribution in [3.05, 3.63) is 0 Å². The van der Waals surface area contributed by atoms with Crippen molar-refractivity contribution in [2.75, 3.05) is 12.0 Å². The van der Waals surface area contributed by atoms with E-state index in [0.717, 1.165) is 0 Å². The number of carboxylic acids is 1. The maximum atomic E-state index is 11.4. The van der Waals surface area contributed by atoms with Crippen molar-refractivity contribution in [2.45, 2.75) is 25.4 Å². The number of carboxylic acid groups (broad SMARTS) is 1. The minimum Gasteiger partial charge on any atom is -0.480 e. The Labute approximate surface area is 103 Å². The maximum Gasteiger partial charge on any atom is 0.327 e. The van der Waals surface area contributed by atoms with E-state index in [2.05, 4.69) is 16.6 Å². The van der Waals surface area contributed by atoms with Gasteiger partial charge in [0.25, 0.3) is 0 Å². The summed E-state index contributed by atoms with van der Waals surface area (Å²) in [5.41, 5.74) is 0. The van der Waals surface area contributed by atoms with E-state index in [4.69, 9.17) is 11.5 Å². The minimum atomic E-state index is -1.19. The summed E-state index contributed by atoms with van der Waals surface area (Å²) < 4.78 is 10.9. The van der Waals surface area contributed by atoms with E-state index >= 15 is 0 Å². The third kappa shape index (κ3) is 7.36. The zero-order chi connectivity index (χ0) is 13.4. The highest BCUT2D eigenvalue weighted by molar-refractivity contribution is 7.84. The van der Waals surface area contributed by atoms with Gasteiger partial charge in [0.15, 0.2) is 0 Å². The van der Waals surface area contributed by atoms with Gasteiger partial charge in [-0.05, 0) is 6.92 Å². The number of rotatable bonds is 6. The van der Waals surface area contributed by atoms with E-state index in [1.54, 1.807) is 6.92 Å². The largest absolute Gasteiger partial charge is 0.480 e. The number of urea groups is 1. The molecule has 0 saturated heterocycles. The Morgan fingerprint density at radius 2 is 2.06 bits per heavy atom. The first-order valence-corrected chi connectivity index (χ1v) is 6.62. The second kappa shape index (κ2) is 7.68. The number of hydrogen-bond acceptors (Lipinski definition) is 3. The van der Waals surface area contributed by atoms with Gasteiger partial charge in [-0.15, -0.1) is 12.3 Å². The Morgan fingerprint density at radius 1 is 1.47 bits per heavy atom. The Kier molecular flexibility index (Phi) is 6.98. The monoisotopic (exact) mass is 260 g/mol. The highest BCUT2D eigenvalue weighted by Crippen LogP contribution is 1.92. The van der Waals surface area contributed by atoms with E-state index in [1.165, 1.54) is 6.26 Å². The maximum absolute atomic E-state index is 11.4. The van der Waals surface area contributed by atoms with Crippen LogP contribution in [0.4, 0.5) is 4.79 Å². The fraction of sp³-hybridized carbons (Fsp3) is 0.600. The fourth-order valence-electron chi connectivity index (χ4n) is 1.14. The van der Waals surface area contributed by atoms with Crippen LogP contribution in [0.3, 0.4) is 0 Å². The highest BCUT2D eigenvalue weighted by Gasteiger charge is 2.19. The van der Waals surface area contributed by atoms with Crippen molar-refractivity contribution in [1.29, 1.82) is 0 Å². The summed E-state index contributed by atoms with van der Waals surface area (Å²) in [4.78, 5) is 22.1. The van der Waals surface area contributed by atoms with Gasteiger partial charge in [-0.25, -0.2) is 9.59 Å². The molecule has 2 amide bonds. The lowest BCUT2D eigenvalue weighted by Crippen LogP contribution is -2.49. The number of amides is 2. The van der Waals surface area contributed by atoms with Crippen LogP contribution in [0, 0.1) is 12.3 Å². The molecule has 0 aromatic rings. The van der Waals surface area contributed by atoms with Crippen LogP contribution < -0.4 is 10.6 Å². The van der Waals surface area contributed by atoms with Crippen molar-refractivity contribution in [3.63, 3.8) is 0 Å². The number of aliphatic carboxylic acids is 1. The first-order chi connectivity index (χ1) is 7.86. The molecule has 96 valence electrons. The van der Waals surface area contributed by atoms with E-state index in [9.17, 15) is 13.8 Å². The SMILES string of the molecule is C#CCC(NC(=O)NC(C)CS(C)=O)C(=O)O. The average Bonchev–Trinajstić information content (AvgIpc) is 2.14. The standard InChI is InChI=1S/C10H16N2O4S/c1-4-5-8(9(13)14)12-10(15)11-7(2)6-17(3)16/h1,7-8H,5-6H2,2-3H3,(H,13,14)(H2,11,12,15). The molecule has 0 bridgehead atoms. The first-order valence-electron chi connectivity index (χ1n) is 4.90. The zero-order valence-electron chi connectivity index (χ0n) is 9.73. The van der Waals surface area contributed by atoms with E-state index in [1.807, 2.05) is 0 Å². The summed E-state index contributed by atoms with van der Waals surface area (Å²) >= 11 is 0. The normalized spacial score (nSPS) is 15.1. The van der Waals surface area contributed by atoms with Crippen molar-refractivity contribution >= 4 is 22.8 Å². The van der Waals surface area contributed by atoms with E-state index in [-0.39, 0.29) is 12.5 Å². The molecule has 0 rings (SSSR count). The summed E-state index contributed by atoms with van der Waals surface area (Å²) in [6, 6.07) is -2.05. The van der Waals surface area contributed by atoms with E-state index in [0.29, 0.717) is 5.75 Å². The summed E-state index contributed by atoms with van der Waals surface area (Å²) in [6.45, 7) is 1.68. The first kappa shape index (κ1) is 15.4. The van der Waals surface area contributed by atoms with Gasteiger partial charge in [-0.2, -0.15) is 0 Å². The van der Waals surface area contributed by atoms with Gasteiger partial charge in [-0.3, -0.25) is 4.21 Å². The molecule has 0 spiro atoms. The molecule has 6 nitrogen and oxygen atoms in total. The van der Waals surface area contributed by atoms with Crippen LogP contribution in [0.5, 0.6) is 0 Å². The summed E-state index contributed by atoms with van der Waals surface area (Å²) in [7, 11) is -1.03. The Balaban J connectivity index is 4.19. The number of nitrogens with one attached hydrogen (secondary N) is 2. The fourth-order valence-corrected chi connectivity index (χ4v) is 1.92. The molecule has 7 heteroatoms. The molecule has 0 aromatic heterocycles. The average molecular weight is 260 g/mol. The van der Waals surface area contributed by atoms with Crippen molar-refractivity contribution in [1.82, 2.24) is 10.6 Å². The van der Waals surface area contributed by atoms with Gasteiger partial charge < -0.3 is 15.7 Å². The third-order valence-electron chi connectivity index (χ3n) is 1.79. The van der Waals surface area contributed by atoms with Crippen LogP contribution >= 0.6 is 0 Å². The van der Waals surface area contributed by atoms with Gasteiger partial charge in [0.1, 0.15) is 6.04 Å². The summed E-state index contributed by atoms with van der Waals surface area (Å²) in [5.74, 6) is 1.28. The molecular formula is C10H16N2O4S. The van der Waals surface area contributed by atoms with Crippen LogP contribution in [-0.2, 0) is 15.6 Å². The Hall–Kier alpha value is -1.55. The van der Waals surface area contributed by atoms with Crippen LogP contribution in [0.2, 0.25) is 0 Å². The molecule has 0 aliphatic rings. The van der Waals surface area contributed by atoms with Crippen molar-refractivity contribution < 1.29 is 18.9 Å². The number of carbonyl (C=O) groups is 2. The zero-order valence-corrected chi connectivity index (χ0v) is 10.5. The molecule has 0 aromatic carbocycles. The van der Waals surface area contributed by atoms with Gasteiger partial charge in [0.2, 0.25) is 0 Å². The van der Waals surface area contributed by atoms with E-state index < -0.39 is 28.8 Å². The Morgan fingerprint density at radius 3 is 2.47 bits per heavy atom. The smallest absolute Gasteiger partial charge is 0.327 e. The lowest BCUT2D eigenvalue weighted by molar-refractivity contribution is -0.139. The van der Waals surface area contributed by atoms with Crippen LogP contribution in [-0.4, -0.2) is 45.4 Å². The molecule has 0 fully saturated rings. The summed E-state index contributed by atoms with van der Waals surface area (Å²) in [6.07, 6.45) is 6.42. The molecule has 0 aliphatic heterocycles. The molecule has 17 heavy (non-hydrogen) atoms. The van der Waals surface area contributed by atoms with Crippen molar-refractivity contribution in [2.24, 2.45) is 0 Å². The predicted molar refractivity (Wildman–Crippen MR) is 64.9 cm³/mol. The van der Waals surface area contributed by atoms with Gasteiger partial charge >= 0.3 is 12.0 Å². The molecule has 0 radical (unpaired) electrons. The molecule has 0 aliphatic carbocycles. The quantitative estimate of drug-likeness (QED) is 0.563.